The third-order valence-electron chi connectivity index (χ3n) is 5.18. The highest BCUT2D eigenvalue weighted by molar-refractivity contribution is 5.83. The Hall–Kier alpha value is -4.07. The van der Waals surface area contributed by atoms with E-state index in [0.717, 1.165) is 5.56 Å². The summed E-state index contributed by atoms with van der Waals surface area (Å²) in [6.07, 6.45) is 4.73. The molecule has 0 bridgehead atoms. The van der Waals surface area contributed by atoms with Crippen molar-refractivity contribution in [3.05, 3.63) is 70.8 Å². The van der Waals surface area contributed by atoms with E-state index in [1.807, 2.05) is 19.1 Å². The van der Waals surface area contributed by atoms with Gasteiger partial charge in [-0.05, 0) is 36.2 Å². The van der Waals surface area contributed by atoms with Crippen LogP contribution in [0.1, 0.15) is 18.5 Å². The zero-order valence-corrected chi connectivity index (χ0v) is 16.9. The highest BCUT2D eigenvalue weighted by Gasteiger charge is 2.17. The Balaban J connectivity index is 1.47. The molecule has 8 heteroatoms. The lowest BCUT2D eigenvalue weighted by Gasteiger charge is -2.15. The normalized spacial score (nSPS) is 13.2. The maximum Gasteiger partial charge on any atom is 0.231 e. The summed E-state index contributed by atoms with van der Waals surface area (Å²) in [7, 11) is 1.58. The first-order valence-corrected chi connectivity index (χ1v) is 9.70. The molecule has 1 aromatic carbocycles. The summed E-state index contributed by atoms with van der Waals surface area (Å²) in [5.74, 6) is 2.38. The third-order valence-corrected chi connectivity index (χ3v) is 5.18. The molecule has 0 spiro atoms. The number of rotatable bonds is 5. The number of hydrogen-bond donors (Lipinski definition) is 1. The van der Waals surface area contributed by atoms with Crippen LogP contribution in [0.2, 0.25) is 0 Å². The van der Waals surface area contributed by atoms with Gasteiger partial charge in [0.1, 0.15) is 12.1 Å². The number of aromatic nitrogens is 2. The second-order valence-corrected chi connectivity index (χ2v) is 7.11. The summed E-state index contributed by atoms with van der Waals surface area (Å²) in [5, 5.41) is 3.74. The fourth-order valence-electron chi connectivity index (χ4n) is 3.45. The summed E-state index contributed by atoms with van der Waals surface area (Å²) < 4.78 is 21.5. The monoisotopic (exact) mass is 417 g/mol. The van der Waals surface area contributed by atoms with Crippen LogP contribution in [-0.2, 0) is 0 Å². The zero-order valence-electron chi connectivity index (χ0n) is 16.9. The van der Waals surface area contributed by atoms with Gasteiger partial charge in [-0.2, -0.15) is 0 Å². The third kappa shape index (κ3) is 3.52. The summed E-state index contributed by atoms with van der Waals surface area (Å²) in [6.45, 7) is 2.16. The van der Waals surface area contributed by atoms with Gasteiger partial charge in [0.2, 0.25) is 18.1 Å². The molecule has 5 rings (SSSR count). The van der Waals surface area contributed by atoms with E-state index in [9.17, 15) is 4.79 Å². The Morgan fingerprint density at radius 1 is 1.06 bits per heavy atom. The summed E-state index contributed by atoms with van der Waals surface area (Å²) in [6, 6.07) is 10.7. The molecule has 1 aliphatic heterocycles. The molecule has 4 heterocycles. The summed E-state index contributed by atoms with van der Waals surface area (Å²) in [4.78, 5) is 21.8. The van der Waals surface area contributed by atoms with Crippen LogP contribution in [0.5, 0.6) is 17.4 Å². The van der Waals surface area contributed by atoms with Gasteiger partial charge in [-0.15, -0.1) is 0 Å². The quantitative estimate of drug-likeness (QED) is 0.517. The molecule has 156 valence electrons. The maximum absolute atomic E-state index is 13.2. The van der Waals surface area contributed by atoms with Gasteiger partial charge in [-0.3, -0.25) is 4.79 Å². The minimum atomic E-state index is -0.149. The van der Waals surface area contributed by atoms with Crippen molar-refractivity contribution < 1.29 is 18.6 Å². The smallest absolute Gasteiger partial charge is 0.231 e. The fourth-order valence-corrected chi connectivity index (χ4v) is 3.45. The first-order chi connectivity index (χ1) is 15.1. The van der Waals surface area contributed by atoms with E-state index in [-0.39, 0.29) is 18.3 Å². The van der Waals surface area contributed by atoms with Gasteiger partial charge in [0.05, 0.1) is 30.3 Å². The van der Waals surface area contributed by atoms with Gasteiger partial charge in [0, 0.05) is 12.3 Å². The second kappa shape index (κ2) is 7.64. The highest BCUT2D eigenvalue weighted by Crippen LogP contribution is 2.35. The van der Waals surface area contributed by atoms with Gasteiger partial charge in [-0.1, -0.05) is 12.1 Å². The van der Waals surface area contributed by atoms with Crippen molar-refractivity contribution in [2.24, 2.45) is 0 Å². The van der Waals surface area contributed by atoms with Gasteiger partial charge >= 0.3 is 0 Å². The SMILES string of the molecule is COc1ccc([C@H](C)Nc2cc3c(=O)c(-c4ccc5c(c4)OCO5)coc3cn2)cn1. The molecule has 1 atom stereocenters. The largest absolute Gasteiger partial charge is 0.481 e. The lowest BCUT2D eigenvalue weighted by Crippen LogP contribution is -2.10. The molecule has 0 aliphatic carbocycles. The molecule has 1 N–H and O–H groups in total. The molecule has 1 aliphatic rings. The van der Waals surface area contributed by atoms with Crippen LogP contribution in [0.25, 0.3) is 22.1 Å². The van der Waals surface area contributed by atoms with Crippen molar-refractivity contribution in [2.45, 2.75) is 13.0 Å². The predicted molar refractivity (Wildman–Crippen MR) is 115 cm³/mol. The molecule has 4 aromatic rings. The van der Waals surface area contributed by atoms with Crippen molar-refractivity contribution in [3.8, 4) is 28.5 Å². The zero-order chi connectivity index (χ0) is 21.4. The number of pyridine rings is 2. The molecule has 0 fully saturated rings. The van der Waals surface area contributed by atoms with E-state index in [1.165, 1.54) is 6.26 Å². The molecule has 3 aromatic heterocycles. The minimum Gasteiger partial charge on any atom is -0.481 e. The van der Waals surface area contributed by atoms with E-state index >= 15 is 0 Å². The highest BCUT2D eigenvalue weighted by atomic mass is 16.7. The fraction of sp³-hybridized carbons (Fsp3) is 0.174. The van der Waals surface area contributed by atoms with Gasteiger partial charge in [-0.25, -0.2) is 9.97 Å². The first kappa shape index (κ1) is 18.9. The van der Waals surface area contributed by atoms with Gasteiger partial charge in [0.15, 0.2) is 17.1 Å². The van der Waals surface area contributed by atoms with E-state index in [2.05, 4.69) is 15.3 Å². The first-order valence-electron chi connectivity index (χ1n) is 9.70. The van der Waals surface area contributed by atoms with E-state index in [4.69, 9.17) is 18.6 Å². The summed E-state index contributed by atoms with van der Waals surface area (Å²) >= 11 is 0. The van der Waals surface area contributed by atoms with Crippen LogP contribution in [0.15, 0.2) is 64.3 Å². The van der Waals surface area contributed by atoms with E-state index in [1.54, 1.807) is 43.8 Å². The molecule has 0 saturated carbocycles. The Kier molecular flexibility index (Phi) is 4.66. The maximum atomic E-state index is 13.2. The number of benzene rings is 1. The molecule has 0 radical (unpaired) electrons. The average Bonchev–Trinajstić information content (AvgIpc) is 3.27. The van der Waals surface area contributed by atoms with Gasteiger partial charge in [0.25, 0.3) is 0 Å². The Morgan fingerprint density at radius 3 is 2.74 bits per heavy atom. The Morgan fingerprint density at radius 2 is 1.94 bits per heavy atom. The van der Waals surface area contributed by atoms with E-state index in [0.29, 0.717) is 45.3 Å². The van der Waals surface area contributed by atoms with Crippen LogP contribution in [0.3, 0.4) is 0 Å². The van der Waals surface area contributed by atoms with Crippen LogP contribution in [0, 0.1) is 0 Å². The predicted octanol–water partition coefficient (Wildman–Crippen LogP) is 4.16. The van der Waals surface area contributed by atoms with Crippen molar-refractivity contribution in [3.63, 3.8) is 0 Å². The molecule has 0 amide bonds. The van der Waals surface area contributed by atoms with E-state index < -0.39 is 0 Å². The number of nitrogens with zero attached hydrogens (tertiary/aromatic N) is 2. The minimum absolute atomic E-state index is 0.0764. The molecular formula is C23H19N3O5. The van der Waals surface area contributed by atoms with Crippen molar-refractivity contribution in [2.75, 3.05) is 19.2 Å². The number of anilines is 1. The molecular weight excluding hydrogens is 398 g/mol. The molecule has 0 unspecified atom stereocenters. The summed E-state index contributed by atoms with van der Waals surface area (Å²) in [5.41, 5.74) is 2.37. The molecule has 31 heavy (non-hydrogen) atoms. The van der Waals surface area contributed by atoms with Gasteiger partial charge < -0.3 is 23.9 Å². The van der Waals surface area contributed by atoms with Crippen LogP contribution in [0.4, 0.5) is 5.82 Å². The number of hydrogen-bond acceptors (Lipinski definition) is 8. The lowest BCUT2D eigenvalue weighted by molar-refractivity contribution is 0.174. The van der Waals surface area contributed by atoms with Crippen molar-refractivity contribution >= 4 is 16.8 Å². The topological polar surface area (TPSA) is 95.7 Å². The van der Waals surface area contributed by atoms with Crippen LogP contribution < -0.4 is 25.0 Å². The molecule has 0 saturated heterocycles. The lowest BCUT2D eigenvalue weighted by atomic mass is 10.1. The van der Waals surface area contributed by atoms with Crippen LogP contribution >= 0.6 is 0 Å². The average molecular weight is 417 g/mol. The Bertz CT molecular complexity index is 1320. The standard InChI is InChI=1S/C23H19N3O5/c1-13(15-4-6-22(28-2)25-9-15)26-21-8-16-20(10-24-21)29-11-17(23(16)27)14-3-5-18-19(7-14)31-12-30-18/h3-11,13H,12H2,1-2H3,(H,24,26)/t13-/m0/s1. The number of methoxy groups -OCH3 is 1. The van der Waals surface area contributed by atoms with Crippen molar-refractivity contribution in [1.29, 1.82) is 0 Å². The Labute approximate surface area is 177 Å². The second-order valence-electron chi connectivity index (χ2n) is 7.11. The molecule has 8 nitrogen and oxygen atoms in total. The van der Waals surface area contributed by atoms with Crippen molar-refractivity contribution in [1.82, 2.24) is 9.97 Å². The number of nitrogens with one attached hydrogen (secondary N) is 1. The van der Waals surface area contributed by atoms with Crippen LogP contribution in [-0.4, -0.2) is 23.9 Å². The number of ether oxygens (including phenoxy) is 3. The number of fused-ring (bicyclic) bond motifs is 2.